The van der Waals surface area contributed by atoms with Crippen molar-refractivity contribution >= 4 is 37.5 Å². The third-order valence-electron chi connectivity index (χ3n) is 3.21. The summed E-state index contributed by atoms with van der Waals surface area (Å²) < 4.78 is 12.7. The molecule has 0 aliphatic carbocycles. The molecule has 0 saturated heterocycles. The normalized spacial score (nSPS) is 11.9. The zero-order chi connectivity index (χ0) is 15.4. The predicted octanol–water partition coefficient (Wildman–Crippen LogP) is 5.40. The zero-order valence-electron chi connectivity index (χ0n) is 12.1. The maximum absolute atomic E-state index is 5.46. The number of anilines is 1. The molecule has 21 heavy (non-hydrogen) atoms. The Hall–Kier alpha value is -1.20. The molecule has 3 nitrogen and oxygen atoms in total. The molecule has 0 fully saturated rings. The van der Waals surface area contributed by atoms with Crippen molar-refractivity contribution in [2.24, 2.45) is 0 Å². The molecule has 0 heterocycles. The first-order valence-electron chi connectivity index (χ1n) is 6.48. The van der Waals surface area contributed by atoms with Crippen LogP contribution in [0.3, 0.4) is 0 Å². The van der Waals surface area contributed by atoms with Gasteiger partial charge in [-0.15, -0.1) is 0 Å². The highest BCUT2D eigenvalue weighted by Gasteiger charge is 2.13. The van der Waals surface area contributed by atoms with E-state index in [4.69, 9.17) is 9.47 Å². The summed E-state index contributed by atoms with van der Waals surface area (Å²) in [5.41, 5.74) is 2.10. The van der Waals surface area contributed by atoms with E-state index in [1.54, 1.807) is 14.2 Å². The van der Waals surface area contributed by atoms with Crippen molar-refractivity contribution in [1.82, 2.24) is 0 Å². The van der Waals surface area contributed by atoms with E-state index >= 15 is 0 Å². The quantitative estimate of drug-likeness (QED) is 0.710. The molecule has 0 amide bonds. The van der Waals surface area contributed by atoms with Gasteiger partial charge < -0.3 is 14.8 Å². The van der Waals surface area contributed by atoms with Crippen LogP contribution in [0.25, 0.3) is 0 Å². The molecule has 2 rings (SSSR count). The average molecular weight is 415 g/mol. The molecule has 1 unspecified atom stereocenters. The molecule has 2 aromatic carbocycles. The van der Waals surface area contributed by atoms with E-state index in [1.807, 2.05) is 36.4 Å². The molecule has 0 spiro atoms. The van der Waals surface area contributed by atoms with Gasteiger partial charge in [-0.25, -0.2) is 0 Å². The van der Waals surface area contributed by atoms with Gasteiger partial charge in [-0.3, -0.25) is 0 Å². The van der Waals surface area contributed by atoms with E-state index in [2.05, 4.69) is 44.1 Å². The second-order valence-electron chi connectivity index (χ2n) is 4.60. The highest BCUT2D eigenvalue weighted by atomic mass is 79.9. The third kappa shape index (κ3) is 3.92. The summed E-state index contributed by atoms with van der Waals surface area (Å²) in [6, 6.07) is 12.0. The summed E-state index contributed by atoms with van der Waals surface area (Å²) in [5.74, 6) is 1.59. The highest BCUT2D eigenvalue weighted by Crippen LogP contribution is 2.34. The maximum Gasteiger partial charge on any atom is 0.127 e. The molecular formula is C16H17Br2NO2. The van der Waals surface area contributed by atoms with E-state index < -0.39 is 0 Å². The van der Waals surface area contributed by atoms with Gasteiger partial charge in [-0.2, -0.15) is 0 Å². The van der Waals surface area contributed by atoms with Crippen molar-refractivity contribution in [3.63, 3.8) is 0 Å². The first-order chi connectivity index (χ1) is 10.0. The van der Waals surface area contributed by atoms with Crippen molar-refractivity contribution in [2.45, 2.75) is 13.0 Å². The Balaban J connectivity index is 2.27. The number of methoxy groups -OCH3 is 2. The lowest BCUT2D eigenvalue weighted by atomic mass is 10.1. The van der Waals surface area contributed by atoms with Crippen LogP contribution >= 0.6 is 31.9 Å². The largest absolute Gasteiger partial charge is 0.497 e. The van der Waals surface area contributed by atoms with Crippen LogP contribution in [0.15, 0.2) is 45.3 Å². The minimum Gasteiger partial charge on any atom is -0.497 e. The van der Waals surface area contributed by atoms with E-state index in [0.29, 0.717) is 0 Å². The van der Waals surface area contributed by atoms with Gasteiger partial charge in [0.05, 0.1) is 25.9 Å². The molecule has 0 aliphatic rings. The standard InChI is InChI=1S/C16H17Br2NO2/c1-10(19-15-8-11(17)4-7-14(15)18)13-6-5-12(20-2)9-16(13)21-3/h4-10,19H,1-3H3. The van der Waals surface area contributed by atoms with Gasteiger partial charge in [0.15, 0.2) is 0 Å². The fourth-order valence-corrected chi connectivity index (χ4v) is 2.82. The van der Waals surface area contributed by atoms with Crippen LogP contribution < -0.4 is 14.8 Å². The molecule has 0 bridgehead atoms. The zero-order valence-corrected chi connectivity index (χ0v) is 15.3. The molecule has 0 saturated carbocycles. The Labute approximate surface area is 141 Å². The van der Waals surface area contributed by atoms with Crippen LogP contribution in [0.4, 0.5) is 5.69 Å². The minimum atomic E-state index is 0.0939. The van der Waals surface area contributed by atoms with Crippen LogP contribution in [0.5, 0.6) is 11.5 Å². The summed E-state index contributed by atoms with van der Waals surface area (Å²) in [4.78, 5) is 0. The number of ether oxygens (including phenoxy) is 2. The van der Waals surface area contributed by atoms with E-state index in [9.17, 15) is 0 Å². The van der Waals surface area contributed by atoms with Gasteiger partial charge in [0.2, 0.25) is 0 Å². The number of halogens is 2. The van der Waals surface area contributed by atoms with Crippen LogP contribution in [-0.2, 0) is 0 Å². The fourth-order valence-electron chi connectivity index (χ4n) is 2.10. The lowest BCUT2D eigenvalue weighted by Crippen LogP contribution is -2.08. The van der Waals surface area contributed by atoms with Crippen molar-refractivity contribution < 1.29 is 9.47 Å². The second-order valence-corrected chi connectivity index (χ2v) is 6.37. The Kier molecular flexibility index (Phi) is 5.53. The lowest BCUT2D eigenvalue weighted by molar-refractivity contribution is 0.390. The topological polar surface area (TPSA) is 30.5 Å². The van der Waals surface area contributed by atoms with Gasteiger partial charge >= 0.3 is 0 Å². The summed E-state index contributed by atoms with van der Waals surface area (Å²) in [6.45, 7) is 2.09. The van der Waals surface area contributed by atoms with Gasteiger partial charge in [0.25, 0.3) is 0 Å². The number of nitrogens with one attached hydrogen (secondary N) is 1. The van der Waals surface area contributed by atoms with E-state index in [0.717, 1.165) is 31.7 Å². The summed E-state index contributed by atoms with van der Waals surface area (Å²) >= 11 is 7.04. The Morgan fingerprint density at radius 2 is 1.76 bits per heavy atom. The minimum absolute atomic E-state index is 0.0939. The number of hydrogen-bond donors (Lipinski definition) is 1. The van der Waals surface area contributed by atoms with Gasteiger partial charge in [-0.1, -0.05) is 15.9 Å². The highest BCUT2D eigenvalue weighted by molar-refractivity contribution is 9.11. The van der Waals surface area contributed by atoms with Crippen molar-refractivity contribution in [1.29, 1.82) is 0 Å². The number of benzene rings is 2. The van der Waals surface area contributed by atoms with Crippen LogP contribution in [0.2, 0.25) is 0 Å². The Bertz CT molecular complexity index is 632. The smallest absolute Gasteiger partial charge is 0.127 e. The van der Waals surface area contributed by atoms with Gasteiger partial charge in [0, 0.05) is 20.6 Å². The monoisotopic (exact) mass is 413 g/mol. The van der Waals surface area contributed by atoms with Crippen LogP contribution in [-0.4, -0.2) is 14.2 Å². The van der Waals surface area contributed by atoms with E-state index in [1.165, 1.54) is 0 Å². The Morgan fingerprint density at radius 3 is 2.43 bits per heavy atom. The maximum atomic E-state index is 5.46. The predicted molar refractivity (Wildman–Crippen MR) is 93.4 cm³/mol. The summed E-state index contributed by atoms with van der Waals surface area (Å²) in [6.07, 6.45) is 0. The van der Waals surface area contributed by atoms with Crippen LogP contribution in [0, 0.1) is 0 Å². The molecule has 112 valence electrons. The first-order valence-corrected chi connectivity index (χ1v) is 8.07. The molecule has 5 heteroatoms. The van der Waals surface area contributed by atoms with Crippen LogP contribution in [0.1, 0.15) is 18.5 Å². The Morgan fingerprint density at radius 1 is 1.00 bits per heavy atom. The van der Waals surface area contributed by atoms with Gasteiger partial charge in [-0.05, 0) is 53.2 Å². The molecule has 2 aromatic rings. The molecule has 1 atom stereocenters. The summed E-state index contributed by atoms with van der Waals surface area (Å²) in [5, 5.41) is 3.48. The summed E-state index contributed by atoms with van der Waals surface area (Å²) in [7, 11) is 3.31. The molecule has 1 N–H and O–H groups in total. The second kappa shape index (κ2) is 7.18. The number of hydrogen-bond acceptors (Lipinski definition) is 3. The van der Waals surface area contributed by atoms with Gasteiger partial charge in [0.1, 0.15) is 11.5 Å². The first kappa shape index (κ1) is 16.2. The fraction of sp³-hybridized carbons (Fsp3) is 0.250. The van der Waals surface area contributed by atoms with Crippen molar-refractivity contribution in [2.75, 3.05) is 19.5 Å². The average Bonchev–Trinajstić information content (AvgIpc) is 2.50. The molecule has 0 aromatic heterocycles. The molecule has 0 radical (unpaired) electrons. The molecule has 0 aliphatic heterocycles. The number of rotatable bonds is 5. The van der Waals surface area contributed by atoms with Crippen molar-refractivity contribution in [3.8, 4) is 11.5 Å². The van der Waals surface area contributed by atoms with Crippen molar-refractivity contribution in [3.05, 3.63) is 50.9 Å². The SMILES string of the molecule is COc1ccc(C(C)Nc2cc(Br)ccc2Br)c(OC)c1. The molecular weight excluding hydrogens is 398 g/mol. The van der Waals surface area contributed by atoms with E-state index in [-0.39, 0.29) is 6.04 Å². The third-order valence-corrected chi connectivity index (χ3v) is 4.39. The lowest BCUT2D eigenvalue weighted by Gasteiger charge is -2.20.